The minimum atomic E-state index is -0.703. The van der Waals surface area contributed by atoms with Crippen LogP contribution in [0.3, 0.4) is 0 Å². The van der Waals surface area contributed by atoms with Crippen molar-refractivity contribution in [3.05, 3.63) is 45.9 Å². The van der Waals surface area contributed by atoms with E-state index in [0.717, 1.165) is 12.8 Å². The quantitative estimate of drug-likeness (QED) is 0.370. The zero-order chi connectivity index (χ0) is 27.4. The molecule has 3 aliphatic heterocycles. The average Bonchev–Trinajstić information content (AvgIpc) is 3.14. The topological polar surface area (TPSA) is 143 Å². The van der Waals surface area contributed by atoms with E-state index in [0.29, 0.717) is 25.3 Å². The fourth-order valence-electron chi connectivity index (χ4n) is 4.57. The van der Waals surface area contributed by atoms with E-state index >= 15 is 0 Å². The summed E-state index contributed by atoms with van der Waals surface area (Å²) >= 11 is 0. The molecular formula is C25H34FN5O6. The number of ether oxygens (including phenoxy) is 1. The predicted octanol–water partition coefficient (Wildman–Crippen LogP) is 0.769. The molecule has 3 atom stereocenters. The molecule has 0 spiro atoms. The summed E-state index contributed by atoms with van der Waals surface area (Å²) < 4.78 is 20.7. The Kier molecular flexibility index (Phi) is 8.64. The number of allylic oxidation sites excluding steroid dienone is 3. The van der Waals surface area contributed by atoms with Gasteiger partial charge < -0.3 is 25.4 Å². The van der Waals surface area contributed by atoms with Crippen molar-refractivity contribution in [3.8, 4) is 5.75 Å². The number of aromatic hydroxyl groups is 1. The molecule has 1 saturated heterocycles. The van der Waals surface area contributed by atoms with Crippen molar-refractivity contribution in [2.24, 2.45) is 5.92 Å². The van der Waals surface area contributed by atoms with Gasteiger partial charge in [0.15, 0.2) is 5.69 Å². The van der Waals surface area contributed by atoms with Gasteiger partial charge in [0.25, 0.3) is 17.4 Å². The maximum Gasteiger partial charge on any atom is 0.296 e. The van der Waals surface area contributed by atoms with Gasteiger partial charge in [0.05, 0.1) is 18.8 Å². The number of fused-ring (bicyclic) bond motifs is 2. The summed E-state index contributed by atoms with van der Waals surface area (Å²) in [7, 11) is 4.83. The maximum absolute atomic E-state index is 13.1. The second-order valence-corrected chi connectivity index (χ2v) is 9.69. The highest BCUT2D eigenvalue weighted by molar-refractivity contribution is 6.23. The van der Waals surface area contributed by atoms with E-state index in [1.54, 1.807) is 13.1 Å². The Morgan fingerprint density at radius 3 is 2.59 bits per heavy atom. The van der Waals surface area contributed by atoms with Crippen molar-refractivity contribution in [2.75, 3.05) is 34.3 Å². The Labute approximate surface area is 214 Å². The zero-order valence-electron chi connectivity index (χ0n) is 21.5. The Morgan fingerprint density at radius 1 is 1.38 bits per heavy atom. The molecule has 11 nitrogen and oxygen atoms in total. The molecule has 3 N–H and O–H groups in total. The predicted molar refractivity (Wildman–Crippen MR) is 133 cm³/mol. The Morgan fingerprint density at radius 2 is 2.11 bits per heavy atom. The van der Waals surface area contributed by atoms with E-state index in [1.807, 2.05) is 6.92 Å². The van der Waals surface area contributed by atoms with E-state index in [9.17, 15) is 28.7 Å². The lowest BCUT2D eigenvalue weighted by Gasteiger charge is -2.41. The second kappa shape index (κ2) is 11.3. The van der Waals surface area contributed by atoms with Crippen LogP contribution in [0.15, 0.2) is 28.8 Å². The fourth-order valence-corrected chi connectivity index (χ4v) is 4.57. The van der Waals surface area contributed by atoms with Crippen molar-refractivity contribution in [1.29, 1.82) is 0 Å². The number of nitrogens with zero attached hydrogens (tertiary/aromatic N) is 3. The molecule has 202 valence electrons. The van der Waals surface area contributed by atoms with E-state index in [-0.39, 0.29) is 36.8 Å². The first-order valence-corrected chi connectivity index (χ1v) is 12.2. The molecule has 0 radical (unpaired) electrons. The Bertz CT molecular complexity index is 1170. The minimum absolute atomic E-state index is 0.0606. The Hall–Kier alpha value is -3.38. The minimum Gasteiger partial charge on any atom is -0.501 e. The molecule has 3 unspecified atom stereocenters. The van der Waals surface area contributed by atoms with Gasteiger partial charge in [-0.15, -0.1) is 0 Å². The fraction of sp³-hybridized carbons (Fsp3) is 0.560. The molecule has 0 aromatic carbocycles. The zero-order valence-corrected chi connectivity index (χ0v) is 21.5. The molecule has 1 aliphatic carbocycles. The molecule has 4 heterocycles. The van der Waals surface area contributed by atoms with Crippen LogP contribution in [-0.4, -0.2) is 77.6 Å². The van der Waals surface area contributed by atoms with Crippen molar-refractivity contribution in [1.82, 2.24) is 25.1 Å². The number of aromatic nitrogens is 2. The van der Waals surface area contributed by atoms with E-state index in [4.69, 9.17) is 4.74 Å². The third-order valence-corrected chi connectivity index (χ3v) is 7.20. The van der Waals surface area contributed by atoms with Gasteiger partial charge in [0, 0.05) is 20.6 Å². The van der Waals surface area contributed by atoms with Crippen LogP contribution >= 0.6 is 0 Å². The van der Waals surface area contributed by atoms with Gasteiger partial charge in [-0.1, -0.05) is 13.0 Å². The lowest BCUT2D eigenvalue weighted by molar-refractivity contribution is -0.136. The lowest BCUT2D eigenvalue weighted by Crippen LogP contribution is -2.51. The molecule has 2 amide bonds. The summed E-state index contributed by atoms with van der Waals surface area (Å²) in [6, 6.07) is 0. The van der Waals surface area contributed by atoms with E-state index < -0.39 is 34.3 Å². The van der Waals surface area contributed by atoms with Crippen LogP contribution in [-0.2, 0) is 26.4 Å². The lowest BCUT2D eigenvalue weighted by atomic mass is 9.84. The smallest absolute Gasteiger partial charge is 0.296 e. The van der Waals surface area contributed by atoms with Gasteiger partial charge in [0.1, 0.15) is 17.2 Å². The highest BCUT2D eigenvalue weighted by atomic mass is 19.1. The first-order valence-electron chi connectivity index (χ1n) is 12.2. The van der Waals surface area contributed by atoms with Crippen LogP contribution < -0.4 is 16.2 Å². The molecule has 1 aromatic heterocycles. The number of hydrogen-bond acceptors (Lipinski definition) is 8. The number of aldehydes is 1. The summed E-state index contributed by atoms with van der Waals surface area (Å²) in [4.78, 5) is 51.1. The number of rotatable bonds is 6. The van der Waals surface area contributed by atoms with Crippen LogP contribution in [0.4, 0.5) is 4.39 Å². The summed E-state index contributed by atoms with van der Waals surface area (Å²) in [6.45, 7) is 2.88. The number of carbonyl (C=O) groups excluding carboxylic acids is 3. The van der Waals surface area contributed by atoms with Crippen molar-refractivity contribution in [3.63, 3.8) is 0 Å². The molecule has 1 aromatic rings. The molecular weight excluding hydrogens is 485 g/mol. The Balaban J connectivity index is 0.000000479. The third kappa shape index (κ3) is 5.80. The number of halogens is 1. The van der Waals surface area contributed by atoms with E-state index in [1.165, 1.54) is 35.7 Å². The van der Waals surface area contributed by atoms with Gasteiger partial charge >= 0.3 is 0 Å². The molecule has 5 rings (SSSR count). The molecule has 2 bridgehead atoms. The van der Waals surface area contributed by atoms with Gasteiger partial charge in [-0.3, -0.25) is 23.7 Å². The first-order chi connectivity index (χ1) is 17.5. The van der Waals surface area contributed by atoms with Crippen LogP contribution in [0.1, 0.15) is 48.9 Å². The number of amides is 2. The van der Waals surface area contributed by atoms with Gasteiger partial charge in [0.2, 0.25) is 12.0 Å². The van der Waals surface area contributed by atoms with Crippen LogP contribution in [0.2, 0.25) is 0 Å². The normalized spacial score (nSPS) is 25.6. The van der Waals surface area contributed by atoms with Crippen LogP contribution in [0.25, 0.3) is 0 Å². The second-order valence-electron chi connectivity index (χ2n) is 9.69. The highest BCUT2D eigenvalue weighted by Crippen LogP contribution is 2.42. The first kappa shape index (κ1) is 28.2. The van der Waals surface area contributed by atoms with Crippen LogP contribution in [0.5, 0.6) is 5.75 Å². The number of likely N-dealkylation sites (N-methyl/N-ethyl adjacent to an activating group) is 2. The molecule has 1 fully saturated rings. The van der Waals surface area contributed by atoms with Gasteiger partial charge in [-0.2, -0.15) is 0 Å². The summed E-state index contributed by atoms with van der Waals surface area (Å²) in [5, 5.41) is 16.4. The molecule has 4 aliphatic rings. The number of hydrogen-bond donors (Lipinski definition) is 3. The summed E-state index contributed by atoms with van der Waals surface area (Å²) in [5.74, 6) is -1.74. The molecule has 0 saturated carbocycles. The third-order valence-electron chi connectivity index (χ3n) is 7.20. The van der Waals surface area contributed by atoms with E-state index in [2.05, 4.69) is 15.6 Å². The number of nitrogens with one attached hydrogen (secondary N) is 2. The SMILES string of the molecule is CCC12CCC(NC)(CO1)c1nc(C(=O)NCC3C=CC(F)=CC3)c(O)c(=O)n1C2.CN(C)C(=O)C=O. The van der Waals surface area contributed by atoms with Crippen LogP contribution in [0, 0.1) is 5.92 Å². The molecule has 37 heavy (non-hydrogen) atoms. The maximum atomic E-state index is 13.1. The van der Waals surface area contributed by atoms with Gasteiger partial charge in [-0.05, 0) is 50.8 Å². The summed E-state index contributed by atoms with van der Waals surface area (Å²) in [6.07, 6.45) is 7.43. The molecule has 12 heteroatoms. The van der Waals surface area contributed by atoms with Crippen molar-refractivity contribution >= 4 is 18.1 Å². The summed E-state index contributed by atoms with van der Waals surface area (Å²) in [5.41, 5.74) is -2.12. The monoisotopic (exact) mass is 519 g/mol. The number of carbonyl (C=O) groups is 3. The average molecular weight is 520 g/mol. The highest BCUT2D eigenvalue weighted by Gasteiger charge is 2.50. The standard InChI is InChI=1S/C21H27FN4O4.C4H7NO2/c1-3-20-8-9-21(23-2,12-30-20)19-25-15(16(27)18(29)26(19)11-20)17(28)24-10-13-4-6-14(22)7-5-13;1-5(2)4(7)3-6/h4,6-7,13,23,27H,3,5,8-12H2,1-2H3,(H,24,28);3H,1-2H3. The van der Waals surface area contributed by atoms with Crippen molar-refractivity contribution < 1.29 is 28.6 Å². The van der Waals surface area contributed by atoms with Gasteiger partial charge in [-0.25, -0.2) is 9.37 Å². The largest absolute Gasteiger partial charge is 0.501 e. The van der Waals surface area contributed by atoms with Crippen molar-refractivity contribution in [2.45, 2.75) is 50.3 Å².